The number of carbonyl (C=O) groups excluding carboxylic acids is 1. The maximum absolute atomic E-state index is 13.5. The van der Waals surface area contributed by atoms with Crippen LogP contribution in [0.4, 0.5) is 15.8 Å². The Kier molecular flexibility index (Phi) is 6.35. The van der Waals surface area contributed by atoms with Crippen LogP contribution in [0.5, 0.6) is 0 Å². The van der Waals surface area contributed by atoms with E-state index in [1.807, 2.05) is 0 Å². The van der Waals surface area contributed by atoms with Crippen molar-refractivity contribution in [3.63, 3.8) is 0 Å². The number of nitro groups is 1. The maximum atomic E-state index is 13.5. The van der Waals surface area contributed by atoms with Gasteiger partial charge in [0.1, 0.15) is 18.1 Å². The molecule has 132 valence electrons. The van der Waals surface area contributed by atoms with E-state index in [4.69, 9.17) is 4.74 Å². The first-order chi connectivity index (χ1) is 11.9. The molecule has 8 heteroatoms. The maximum Gasteiger partial charge on any atom is 0.338 e. The van der Waals surface area contributed by atoms with Crippen LogP contribution in [0.2, 0.25) is 0 Å². The number of rotatable bonds is 7. The number of halogens is 1. The van der Waals surface area contributed by atoms with E-state index in [-0.39, 0.29) is 23.7 Å². The molecule has 0 unspecified atom stereocenters. The van der Waals surface area contributed by atoms with Gasteiger partial charge in [-0.25, -0.2) is 9.18 Å². The zero-order valence-corrected chi connectivity index (χ0v) is 14.6. The monoisotopic (exact) mass is 364 g/mol. The van der Waals surface area contributed by atoms with Gasteiger partial charge in [-0.15, -0.1) is 11.8 Å². The SMILES string of the molecule is CN(C)c1ccc(C(=O)OCCSc2ccccc2F)cc1[N+](=O)[O-]. The van der Waals surface area contributed by atoms with Gasteiger partial charge in [0.2, 0.25) is 0 Å². The van der Waals surface area contributed by atoms with Crippen molar-refractivity contribution >= 4 is 29.1 Å². The molecule has 0 spiro atoms. The Morgan fingerprint density at radius 3 is 2.64 bits per heavy atom. The highest BCUT2D eigenvalue weighted by Gasteiger charge is 2.19. The van der Waals surface area contributed by atoms with E-state index in [9.17, 15) is 19.3 Å². The number of anilines is 1. The van der Waals surface area contributed by atoms with Crippen LogP contribution in [0.25, 0.3) is 0 Å². The Hall–Kier alpha value is -2.61. The number of carbonyl (C=O) groups is 1. The summed E-state index contributed by atoms with van der Waals surface area (Å²) in [5.41, 5.74) is 0.338. The number of hydrogen-bond donors (Lipinski definition) is 0. The summed E-state index contributed by atoms with van der Waals surface area (Å²) in [6, 6.07) is 10.5. The molecule has 0 bridgehead atoms. The number of benzene rings is 2. The van der Waals surface area contributed by atoms with Gasteiger partial charge in [-0.05, 0) is 24.3 Å². The Bertz CT molecular complexity index is 783. The quantitative estimate of drug-likeness (QED) is 0.245. The van der Waals surface area contributed by atoms with Crippen molar-refractivity contribution in [2.24, 2.45) is 0 Å². The minimum absolute atomic E-state index is 0.0705. The molecule has 0 radical (unpaired) electrons. The molecule has 0 saturated carbocycles. The van der Waals surface area contributed by atoms with Crippen molar-refractivity contribution in [1.82, 2.24) is 0 Å². The molecule has 0 amide bonds. The van der Waals surface area contributed by atoms with Gasteiger partial charge < -0.3 is 9.64 Å². The van der Waals surface area contributed by atoms with Crippen molar-refractivity contribution in [3.8, 4) is 0 Å². The predicted molar refractivity (Wildman–Crippen MR) is 94.8 cm³/mol. The molecule has 0 aliphatic carbocycles. The highest BCUT2D eigenvalue weighted by Crippen LogP contribution is 2.28. The first-order valence-electron chi connectivity index (χ1n) is 7.40. The van der Waals surface area contributed by atoms with Crippen LogP contribution in [0, 0.1) is 15.9 Å². The zero-order valence-electron chi connectivity index (χ0n) is 13.8. The van der Waals surface area contributed by atoms with Gasteiger partial charge in [-0.2, -0.15) is 0 Å². The normalized spacial score (nSPS) is 10.4. The molecule has 0 fully saturated rings. The van der Waals surface area contributed by atoms with Gasteiger partial charge in [0.25, 0.3) is 5.69 Å². The lowest BCUT2D eigenvalue weighted by atomic mass is 10.1. The Morgan fingerprint density at radius 1 is 1.28 bits per heavy atom. The highest BCUT2D eigenvalue weighted by atomic mass is 32.2. The number of nitrogens with zero attached hydrogens (tertiary/aromatic N) is 2. The Morgan fingerprint density at radius 2 is 2.00 bits per heavy atom. The minimum Gasteiger partial charge on any atom is -0.461 e. The summed E-state index contributed by atoms with van der Waals surface area (Å²) in [6.45, 7) is 0.0705. The third-order valence-electron chi connectivity index (χ3n) is 3.30. The van der Waals surface area contributed by atoms with Crippen molar-refractivity contribution in [1.29, 1.82) is 0 Å². The fourth-order valence-corrected chi connectivity index (χ4v) is 2.87. The summed E-state index contributed by atoms with van der Waals surface area (Å²) in [5, 5.41) is 11.1. The molecule has 0 aromatic heterocycles. The van der Waals surface area contributed by atoms with E-state index in [0.717, 1.165) is 0 Å². The molecule has 0 heterocycles. The molecular weight excluding hydrogens is 347 g/mol. The van der Waals surface area contributed by atoms with E-state index in [1.54, 1.807) is 37.2 Å². The summed E-state index contributed by atoms with van der Waals surface area (Å²) < 4.78 is 18.6. The number of hydrogen-bond acceptors (Lipinski definition) is 6. The van der Waals surface area contributed by atoms with E-state index in [0.29, 0.717) is 16.3 Å². The topological polar surface area (TPSA) is 72.7 Å². The molecule has 0 aliphatic rings. The van der Waals surface area contributed by atoms with E-state index in [1.165, 1.54) is 36.0 Å². The fourth-order valence-electron chi connectivity index (χ4n) is 2.11. The van der Waals surface area contributed by atoms with Crippen molar-refractivity contribution in [2.75, 3.05) is 31.4 Å². The van der Waals surface area contributed by atoms with Crippen LogP contribution in [0.1, 0.15) is 10.4 Å². The van der Waals surface area contributed by atoms with E-state index < -0.39 is 10.9 Å². The van der Waals surface area contributed by atoms with Crippen LogP contribution in [0.15, 0.2) is 47.4 Å². The largest absolute Gasteiger partial charge is 0.461 e. The second-order valence-corrected chi connectivity index (χ2v) is 6.41. The lowest BCUT2D eigenvalue weighted by Gasteiger charge is -2.13. The molecule has 2 rings (SSSR count). The van der Waals surface area contributed by atoms with Gasteiger partial charge in [-0.3, -0.25) is 10.1 Å². The van der Waals surface area contributed by atoms with E-state index in [2.05, 4.69) is 0 Å². The van der Waals surface area contributed by atoms with Gasteiger partial charge in [0.05, 0.1) is 10.5 Å². The molecule has 0 atom stereocenters. The standard InChI is InChI=1S/C17H17FN2O4S/c1-19(2)14-8-7-12(11-15(14)20(22)23)17(21)24-9-10-25-16-6-4-3-5-13(16)18/h3-8,11H,9-10H2,1-2H3. The number of thioether (sulfide) groups is 1. The molecule has 0 saturated heterocycles. The lowest BCUT2D eigenvalue weighted by Crippen LogP contribution is -2.13. The zero-order chi connectivity index (χ0) is 18.4. The van der Waals surface area contributed by atoms with Gasteiger partial charge in [-0.1, -0.05) is 12.1 Å². The predicted octanol–water partition coefficient (Wildman–Crippen LogP) is 3.75. The van der Waals surface area contributed by atoms with Crippen molar-refractivity contribution < 1.29 is 18.8 Å². The second kappa shape index (κ2) is 8.48. The van der Waals surface area contributed by atoms with E-state index >= 15 is 0 Å². The third kappa shape index (κ3) is 4.93. The minimum atomic E-state index is -0.650. The highest BCUT2D eigenvalue weighted by molar-refractivity contribution is 7.99. The van der Waals surface area contributed by atoms with Crippen molar-refractivity contribution in [2.45, 2.75) is 4.90 Å². The van der Waals surface area contributed by atoms with Crippen LogP contribution >= 0.6 is 11.8 Å². The number of ether oxygens (including phenoxy) is 1. The first-order valence-corrected chi connectivity index (χ1v) is 8.39. The van der Waals surface area contributed by atoms with Gasteiger partial charge in [0, 0.05) is 30.8 Å². The average molecular weight is 364 g/mol. The second-order valence-electron chi connectivity index (χ2n) is 5.27. The van der Waals surface area contributed by atoms with Crippen LogP contribution in [0.3, 0.4) is 0 Å². The molecule has 2 aromatic rings. The average Bonchev–Trinajstić information content (AvgIpc) is 2.59. The molecule has 25 heavy (non-hydrogen) atoms. The van der Waals surface area contributed by atoms with Crippen LogP contribution in [-0.4, -0.2) is 37.3 Å². The number of nitro benzene ring substituents is 1. The molecule has 2 aromatic carbocycles. The van der Waals surface area contributed by atoms with Crippen molar-refractivity contribution in [3.05, 3.63) is 64.0 Å². The summed E-state index contributed by atoms with van der Waals surface area (Å²) in [5.74, 6) is -0.596. The Balaban J connectivity index is 1.96. The van der Waals surface area contributed by atoms with Gasteiger partial charge >= 0.3 is 5.97 Å². The molecule has 0 aliphatic heterocycles. The summed E-state index contributed by atoms with van der Waals surface area (Å²) >= 11 is 1.23. The van der Waals surface area contributed by atoms with Crippen LogP contribution < -0.4 is 4.90 Å². The molecule has 0 N–H and O–H groups in total. The molecule has 6 nitrogen and oxygen atoms in total. The fraction of sp³-hybridized carbons (Fsp3) is 0.235. The summed E-state index contributed by atoms with van der Waals surface area (Å²) in [6.07, 6.45) is 0. The Labute approximate surface area is 148 Å². The lowest BCUT2D eigenvalue weighted by molar-refractivity contribution is -0.384. The smallest absolute Gasteiger partial charge is 0.338 e. The summed E-state index contributed by atoms with van der Waals surface area (Å²) in [4.78, 5) is 24.7. The molecular formula is C17H17FN2O4S. The number of esters is 1. The summed E-state index contributed by atoms with van der Waals surface area (Å²) in [7, 11) is 3.36. The van der Waals surface area contributed by atoms with Crippen LogP contribution in [-0.2, 0) is 4.74 Å². The van der Waals surface area contributed by atoms with Gasteiger partial charge in [0.15, 0.2) is 0 Å². The third-order valence-corrected chi connectivity index (χ3v) is 4.31. The first kappa shape index (κ1) is 18.7.